The second-order valence-electron chi connectivity index (χ2n) is 2.73. The van der Waals surface area contributed by atoms with Crippen molar-refractivity contribution in [3.63, 3.8) is 0 Å². The Morgan fingerprint density at radius 1 is 1.33 bits per heavy atom. The minimum Gasteiger partial charge on any atom is -0.461 e. The highest BCUT2D eigenvalue weighted by molar-refractivity contribution is 5.74. The smallest absolute Gasteiger partial charge is 0.411 e. The van der Waals surface area contributed by atoms with Crippen molar-refractivity contribution >= 4 is 5.97 Å². The molecule has 0 heterocycles. The Hall–Kier alpha value is -0.820. The van der Waals surface area contributed by atoms with Gasteiger partial charge in [0.2, 0.25) is 0 Å². The maximum absolute atomic E-state index is 11.7. The molecule has 7 heteroatoms. The van der Waals surface area contributed by atoms with Gasteiger partial charge >= 0.3 is 12.1 Å². The number of carbonyl (C=O) groups excluding carboxylic acids is 1. The molecule has 90 valence electrons. The summed E-state index contributed by atoms with van der Waals surface area (Å²) in [6.45, 7) is -0.0821. The van der Waals surface area contributed by atoms with E-state index in [9.17, 15) is 18.0 Å². The molecule has 1 unspecified atom stereocenters. The van der Waals surface area contributed by atoms with Gasteiger partial charge in [0, 0.05) is 7.11 Å². The number of methoxy groups -OCH3 is 1. The van der Waals surface area contributed by atoms with E-state index >= 15 is 0 Å². The summed E-state index contributed by atoms with van der Waals surface area (Å²) in [5, 5.41) is 0. The Morgan fingerprint density at radius 3 is 2.40 bits per heavy atom. The first-order valence-corrected chi connectivity index (χ1v) is 4.20. The summed E-state index contributed by atoms with van der Waals surface area (Å²) in [6.07, 6.45) is -5.68. The third-order valence-corrected chi connectivity index (χ3v) is 1.36. The molecule has 0 aromatic heterocycles. The van der Waals surface area contributed by atoms with Crippen LogP contribution < -0.4 is 0 Å². The Morgan fingerprint density at radius 2 is 1.93 bits per heavy atom. The normalized spacial score (nSPS) is 13.7. The summed E-state index contributed by atoms with van der Waals surface area (Å²) < 4.78 is 48.5. The molecule has 0 aliphatic carbocycles. The summed E-state index contributed by atoms with van der Waals surface area (Å²) in [5.74, 6) is -0.837. The Kier molecular flexibility index (Phi) is 6.26. The van der Waals surface area contributed by atoms with E-state index in [4.69, 9.17) is 0 Å². The molecule has 0 aliphatic rings. The van der Waals surface area contributed by atoms with E-state index in [1.54, 1.807) is 0 Å². The van der Waals surface area contributed by atoms with Gasteiger partial charge in [0.15, 0.2) is 6.10 Å². The number of halogens is 3. The van der Waals surface area contributed by atoms with Crippen LogP contribution in [0.2, 0.25) is 0 Å². The van der Waals surface area contributed by atoms with Gasteiger partial charge < -0.3 is 14.2 Å². The molecule has 0 aromatic rings. The zero-order valence-electron chi connectivity index (χ0n) is 8.47. The van der Waals surface area contributed by atoms with Crippen LogP contribution >= 0.6 is 0 Å². The van der Waals surface area contributed by atoms with E-state index in [1.807, 2.05) is 0 Å². The van der Waals surface area contributed by atoms with Crippen LogP contribution in [0, 0.1) is 0 Å². The molecule has 0 radical (unpaired) electrons. The minimum atomic E-state index is -4.44. The summed E-state index contributed by atoms with van der Waals surface area (Å²) in [7, 11) is 1.41. The molecule has 4 nitrogen and oxygen atoms in total. The van der Waals surface area contributed by atoms with E-state index in [0.29, 0.717) is 0 Å². The standard InChI is InChI=1S/C8H13F3O4/c1-6(15-5-8(9,10)11)7(12)14-4-3-13-2/h6H,3-5H2,1-2H3. The maximum Gasteiger partial charge on any atom is 0.411 e. The van der Waals surface area contributed by atoms with Gasteiger partial charge in [-0.15, -0.1) is 0 Å². The topological polar surface area (TPSA) is 44.8 Å². The Bertz CT molecular complexity index is 193. The van der Waals surface area contributed by atoms with Crippen molar-refractivity contribution in [2.75, 3.05) is 26.9 Å². The van der Waals surface area contributed by atoms with Crippen LogP contribution in [0.15, 0.2) is 0 Å². The number of esters is 1. The van der Waals surface area contributed by atoms with Crippen molar-refractivity contribution in [2.24, 2.45) is 0 Å². The fraction of sp³-hybridized carbons (Fsp3) is 0.875. The summed E-state index contributed by atoms with van der Waals surface area (Å²) in [6, 6.07) is 0. The average Bonchev–Trinajstić information content (AvgIpc) is 2.13. The highest BCUT2D eigenvalue weighted by Gasteiger charge is 2.30. The Labute approximate surface area is 85.3 Å². The fourth-order valence-electron chi connectivity index (χ4n) is 0.630. The molecule has 0 aromatic carbocycles. The quantitative estimate of drug-likeness (QED) is 0.507. The number of hydrogen-bond acceptors (Lipinski definition) is 4. The van der Waals surface area contributed by atoms with Crippen LogP contribution in [0.25, 0.3) is 0 Å². The van der Waals surface area contributed by atoms with Gasteiger partial charge in [0.1, 0.15) is 13.2 Å². The molecule has 0 saturated heterocycles. The van der Waals surface area contributed by atoms with Crippen LogP contribution in [0.5, 0.6) is 0 Å². The predicted molar refractivity (Wildman–Crippen MR) is 44.3 cm³/mol. The van der Waals surface area contributed by atoms with Crippen LogP contribution in [-0.2, 0) is 19.0 Å². The predicted octanol–water partition coefficient (Wildman–Crippen LogP) is 1.14. The van der Waals surface area contributed by atoms with Gasteiger partial charge in [0.25, 0.3) is 0 Å². The molecule has 0 N–H and O–H groups in total. The molecule has 15 heavy (non-hydrogen) atoms. The first-order valence-electron chi connectivity index (χ1n) is 4.20. The average molecular weight is 230 g/mol. The van der Waals surface area contributed by atoms with Crippen LogP contribution in [0.4, 0.5) is 13.2 Å². The molecule has 0 aliphatic heterocycles. The lowest BCUT2D eigenvalue weighted by Gasteiger charge is -2.13. The number of alkyl halides is 3. The van der Waals surface area contributed by atoms with Crippen molar-refractivity contribution in [1.82, 2.24) is 0 Å². The van der Waals surface area contributed by atoms with Gasteiger partial charge in [-0.3, -0.25) is 0 Å². The molecule has 0 rings (SSSR count). The monoisotopic (exact) mass is 230 g/mol. The molecule has 1 atom stereocenters. The second-order valence-corrected chi connectivity index (χ2v) is 2.73. The van der Waals surface area contributed by atoms with E-state index in [1.165, 1.54) is 14.0 Å². The maximum atomic E-state index is 11.7. The first kappa shape index (κ1) is 14.2. The van der Waals surface area contributed by atoms with Crippen molar-refractivity contribution < 1.29 is 32.2 Å². The summed E-state index contributed by atoms with van der Waals surface area (Å²) in [4.78, 5) is 11.0. The van der Waals surface area contributed by atoms with Gasteiger partial charge in [0.05, 0.1) is 6.61 Å². The SMILES string of the molecule is COCCOC(=O)C(C)OCC(F)(F)F. The largest absolute Gasteiger partial charge is 0.461 e. The summed E-state index contributed by atoms with van der Waals surface area (Å²) in [5.41, 5.74) is 0. The highest BCUT2D eigenvalue weighted by atomic mass is 19.4. The van der Waals surface area contributed by atoms with Crippen molar-refractivity contribution in [3.05, 3.63) is 0 Å². The third-order valence-electron chi connectivity index (χ3n) is 1.36. The van der Waals surface area contributed by atoms with Crippen molar-refractivity contribution in [3.8, 4) is 0 Å². The van der Waals surface area contributed by atoms with Crippen LogP contribution in [-0.4, -0.2) is 45.2 Å². The lowest BCUT2D eigenvalue weighted by Crippen LogP contribution is -2.29. The highest BCUT2D eigenvalue weighted by Crippen LogP contribution is 2.15. The Balaban J connectivity index is 3.70. The van der Waals surface area contributed by atoms with Gasteiger partial charge in [-0.05, 0) is 6.92 Å². The summed E-state index contributed by atoms with van der Waals surface area (Å²) >= 11 is 0. The number of rotatable bonds is 6. The molecule has 0 saturated carbocycles. The molecule has 0 spiro atoms. The third kappa shape index (κ3) is 8.19. The van der Waals surface area contributed by atoms with Gasteiger partial charge in [-0.25, -0.2) is 4.79 Å². The minimum absolute atomic E-state index is 0.00491. The molecule has 0 fully saturated rings. The second kappa shape index (κ2) is 6.62. The van der Waals surface area contributed by atoms with Crippen molar-refractivity contribution in [2.45, 2.75) is 19.2 Å². The molecular weight excluding hydrogens is 217 g/mol. The van der Waals surface area contributed by atoms with E-state index < -0.39 is 24.9 Å². The molecule has 0 bridgehead atoms. The van der Waals surface area contributed by atoms with Crippen LogP contribution in [0.3, 0.4) is 0 Å². The van der Waals surface area contributed by atoms with Gasteiger partial charge in [-0.1, -0.05) is 0 Å². The molecule has 0 amide bonds. The molecular formula is C8H13F3O4. The van der Waals surface area contributed by atoms with Crippen LogP contribution in [0.1, 0.15) is 6.92 Å². The lowest BCUT2D eigenvalue weighted by atomic mass is 10.4. The number of ether oxygens (including phenoxy) is 3. The zero-order chi connectivity index (χ0) is 11.9. The van der Waals surface area contributed by atoms with E-state index in [-0.39, 0.29) is 13.2 Å². The number of carbonyl (C=O) groups is 1. The first-order chi connectivity index (χ1) is 6.87. The van der Waals surface area contributed by atoms with E-state index in [0.717, 1.165) is 0 Å². The number of hydrogen-bond donors (Lipinski definition) is 0. The lowest BCUT2D eigenvalue weighted by molar-refractivity contribution is -0.193. The van der Waals surface area contributed by atoms with Crippen molar-refractivity contribution in [1.29, 1.82) is 0 Å². The fourth-order valence-corrected chi connectivity index (χ4v) is 0.630. The van der Waals surface area contributed by atoms with Gasteiger partial charge in [-0.2, -0.15) is 13.2 Å². The zero-order valence-corrected chi connectivity index (χ0v) is 8.47. The van der Waals surface area contributed by atoms with E-state index in [2.05, 4.69) is 14.2 Å².